The minimum atomic E-state index is -0.469. The molecule has 0 spiro atoms. The maximum absolute atomic E-state index is 10.6. The van der Waals surface area contributed by atoms with Gasteiger partial charge in [-0.05, 0) is 36.5 Å². The number of rotatable bonds is 3. The molecule has 1 aliphatic heterocycles. The summed E-state index contributed by atoms with van der Waals surface area (Å²) in [6.07, 6.45) is 2.25. The molecule has 1 saturated heterocycles. The fourth-order valence-electron chi connectivity index (χ4n) is 1.82. The van der Waals surface area contributed by atoms with Crippen LogP contribution in [0.3, 0.4) is 0 Å². The van der Waals surface area contributed by atoms with E-state index < -0.39 is 4.92 Å². The molecule has 17 heavy (non-hydrogen) atoms. The lowest BCUT2D eigenvalue weighted by Gasteiger charge is -2.23. The van der Waals surface area contributed by atoms with Crippen LogP contribution in [-0.2, 0) is 0 Å². The van der Waals surface area contributed by atoms with Gasteiger partial charge in [-0.25, -0.2) is 0 Å². The third-order valence-corrected chi connectivity index (χ3v) is 4.09. The lowest BCUT2D eigenvalue weighted by Crippen LogP contribution is -2.24. The molecule has 0 saturated carbocycles. The maximum atomic E-state index is 10.6. The molecule has 0 bridgehead atoms. The van der Waals surface area contributed by atoms with Gasteiger partial charge in [-0.3, -0.25) is 10.1 Å². The van der Waals surface area contributed by atoms with Crippen molar-refractivity contribution in [3.8, 4) is 0 Å². The Hall–Kier alpha value is -0.940. The number of halogens is 1. The first-order valence-electron chi connectivity index (χ1n) is 5.45. The summed E-state index contributed by atoms with van der Waals surface area (Å²) in [5.41, 5.74) is 0.814. The number of nitro benzene ring substituents is 1. The largest absolute Gasteiger partial charge is 0.382 e. The Labute approximate surface area is 109 Å². The molecule has 0 amide bonds. The molecule has 0 aromatic heterocycles. The zero-order chi connectivity index (χ0) is 12.3. The third kappa shape index (κ3) is 3.26. The molecule has 0 aliphatic carbocycles. The van der Waals surface area contributed by atoms with Crippen molar-refractivity contribution in [1.82, 2.24) is 0 Å². The van der Waals surface area contributed by atoms with Gasteiger partial charge >= 0.3 is 0 Å². The van der Waals surface area contributed by atoms with Crippen molar-refractivity contribution in [3.05, 3.63) is 33.3 Å². The molecule has 1 heterocycles. The third-order valence-electron chi connectivity index (χ3n) is 2.74. The van der Waals surface area contributed by atoms with Gasteiger partial charge < -0.3 is 5.32 Å². The highest BCUT2D eigenvalue weighted by Gasteiger charge is 2.16. The van der Waals surface area contributed by atoms with Gasteiger partial charge in [-0.2, -0.15) is 11.8 Å². The van der Waals surface area contributed by atoms with Gasteiger partial charge in [0.25, 0.3) is 5.69 Å². The van der Waals surface area contributed by atoms with E-state index in [1.54, 1.807) is 12.1 Å². The Morgan fingerprint density at radius 2 is 2.12 bits per heavy atom. The Morgan fingerprint density at radius 1 is 1.41 bits per heavy atom. The molecule has 1 fully saturated rings. The second-order valence-electron chi connectivity index (χ2n) is 3.95. The quantitative estimate of drug-likeness (QED) is 0.675. The first-order chi connectivity index (χ1) is 8.16. The van der Waals surface area contributed by atoms with Crippen LogP contribution in [0, 0.1) is 10.1 Å². The molecule has 4 nitrogen and oxygen atoms in total. The molecule has 1 aliphatic rings. The Kier molecular flexibility index (Phi) is 4.12. The van der Waals surface area contributed by atoms with Crippen LogP contribution >= 0.6 is 23.4 Å². The van der Waals surface area contributed by atoms with E-state index in [4.69, 9.17) is 11.6 Å². The SMILES string of the molecule is O=[N+]([O-])c1ccc(NC2CCSCC2)cc1Cl. The fraction of sp³-hybridized carbons (Fsp3) is 0.455. The normalized spacial score (nSPS) is 16.8. The van der Waals surface area contributed by atoms with Crippen molar-refractivity contribution in [2.45, 2.75) is 18.9 Å². The minimum absolute atomic E-state index is 0.0450. The predicted octanol–water partition coefficient (Wildman–Crippen LogP) is 3.56. The molecule has 1 aromatic carbocycles. The molecule has 1 N–H and O–H groups in total. The van der Waals surface area contributed by atoms with E-state index in [9.17, 15) is 10.1 Å². The molecular weight excluding hydrogens is 260 g/mol. The van der Waals surface area contributed by atoms with Gasteiger partial charge in [-0.1, -0.05) is 11.6 Å². The van der Waals surface area contributed by atoms with Crippen LogP contribution in [0.2, 0.25) is 5.02 Å². The highest BCUT2D eigenvalue weighted by atomic mass is 35.5. The molecule has 1 aromatic rings. The van der Waals surface area contributed by atoms with Gasteiger partial charge in [0.1, 0.15) is 5.02 Å². The van der Waals surface area contributed by atoms with E-state index in [1.807, 2.05) is 11.8 Å². The number of hydrogen-bond acceptors (Lipinski definition) is 4. The zero-order valence-corrected chi connectivity index (χ0v) is 10.8. The smallest absolute Gasteiger partial charge is 0.288 e. The lowest BCUT2D eigenvalue weighted by molar-refractivity contribution is -0.384. The Morgan fingerprint density at radius 3 is 2.71 bits per heavy atom. The number of nitrogens with zero attached hydrogens (tertiary/aromatic N) is 1. The number of benzene rings is 1. The molecule has 92 valence electrons. The van der Waals surface area contributed by atoms with Crippen LogP contribution in [0.15, 0.2) is 18.2 Å². The zero-order valence-electron chi connectivity index (χ0n) is 9.19. The van der Waals surface area contributed by atoms with Gasteiger partial charge in [0, 0.05) is 17.8 Å². The molecule has 0 unspecified atom stereocenters. The number of nitro groups is 1. The second kappa shape index (κ2) is 5.60. The number of anilines is 1. The average molecular weight is 273 g/mol. The number of hydrogen-bond donors (Lipinski definition) is 1. The van der Waals surface area contributed by atoms with Crippen molar-refractivity contribution in [2.75, 3.05) is 16.8 Å². The van der Waals surface area contributed by atoms with E-state index in [0.717, 1.165) is 18.5 Å². The van der Waals surface area contributed by atoms with Gasteiger partial charge in [0.05, 0.1) is 4.92 Å². The summed E-state index contributed by atoms with van der Waals surface area (Å²) in [6.45, 7) is 0. The predicted molar refractivity (Wildman–Crippen MR) is 72.1 cm³/mol. The van der Waals surface area contributed by atoms with Crippen molar-refractivity contribution in [3.63, 3.8) is 0 Å². The van der Waals surface area contributed by atoms with Crippen molar-refractivity contribution in [1.29, 1.82) is 0 Å². The van der Waals surface area contributed by atoms with Crippen molar-refractivity contribution in [2.24, 2.45) is 0 Å². The van der Waals surface area contributed by atoms with E-state index in [0.29, 0.717) is 6.04 Å². The van der Waals surface area contributed by atoms with Gasteiger partial charge in [0.15, 0.2) is 0 Å². The summed E-state index contributed by atoms with van der Waals surface area (Å²) < 4.78 is 0. The van der Waals surface area contributed by atoms with Gasteiger partial charge in [0.2, 0.25) is 0 Å². The lowest BCUT2D eigenvalue weighted by atomic mass is 10.1. The molecule has 0 radical (unpaired) electrons. The number of thioether (sulfide) groups is 1. The second-order valence-corrected chi connectivity index (χ2v) is 5.59. The summed E-state index contributed by atoms with van der Waals surface area (Å²) in [6, 6.07) is 5.24. The monoisotopic (exact) mass is 272 g/mol. The first kappa shape index (κ1) is 12.5. The van der Waals surface area contributed by atoms with Gasteiger partial charge in [-0.15, -0.1) is 0 Å². The highest BCUT2D eigenvalue weighted by molar-refractivity contribution is 7.99. The van der Waals surface area contributed by atoms with Crippen LogP contribution in [0.4, 0.5) is 11.4 Å². The standard InChI is InChI=1S/C11H13ClN2O2S/c12-10-7-9(1-2-11(10)14(15)16)13-8-3-5-17-6-4-8/h1-2,7-8,13H,3-6H2. The van der Waals surface area contributed by atoms with E-state index in [2.05, 4.69) is 5.32 Å². The summed E-state index contributed by atoms with van der Waals surface area (Å²) in [7, 11) is 0. The summed E-state index contributed by atoms with van der Waals surface area (Å²) in [5, 5.41) is 14.2. The van der Waals surface area contributed by atoms with Crippen LogP contribution in [0.1, 0.15) is 12.8 Å². The highest BCUT2D eigenvalue weighted by Crippen LogP contribution is 2.28. The average Bonchev–Trinajstić information content (AvgIpc) is 2.30. The molecule has 2 rings (SSSR count). The van der Waals surface area contributed by atoms with E-state index >= 15 is 0 Å². The first-order valence-corrected chi connectivity index (χ1v) is 6.98. The molecular formula is C11H13ClN2O2S. The van der Waals surface area contributed by atoms with Crippen LogP contribution in [-0.4, -0.2) is 22.5 Å². The molecule has 6 heteroatoms. The number of nitrogens with one attached hydrogen (secondary N) is 1. The van der Waals surface area contributed by atoms with Crippen LogP contribution < -0.4 is 5.32 Å². The summed E-state index contributed by atoms with van der Waals surface area (Å²) >= 11 is 7.82. The van der Waals surface area contributed by atoms with Crippen LogP contribution in [0.5, 0.6) is 0 Å². The van der Waals surface area contributed by atoms with Crippen LogP contribution in [0.25, 0.3) is 0 Å². The van der Waals surface area contributed by atoms with Crippen molar-refractivity contribution >= 4 is 34.7 Å². The van der Waals surface area contributed by atoms with Crippen molar-refractivity contribution < 1.29 is 4.92 Å². The maximum Gasteiger partial charge on any atom is 0.288 e. The Bertz CT molecular complexity index is 422. The fourth-order valence-corrected chi connectivity index (χ4v) is 3.18. The van der Waals surface area contributed by atoms with E-state index in [-0.39, 0.29) is 10.7 Å². The molecule has 0 atom stereocenters. The van der Waals surface area contributed by atoms with E-state index in [1.165, 1.54) is 17.6 Å². The summed E-state index contributed by atoms with van der Waals surface area (Å²) in [5.74, 6) is 2.33. The topological polar surface area (TPSA) is 55.2 Å². The Balaban J connectivity index is 2.06. The summed E-state index contributed by atoms with van der Waals surface area (Å²) in [4.78, 5) is 10.2. The minimum Gasteiger partial charge on any atom is -0.382 e.